The van der Waals surface area contributed by atoms with Crippen LogP contribution in [-0.2, 0) is 28.7 Å². The van der Waals surface area contributed by atoms with Gasteiger partial charge in [0.1, 0.15) is 30.0 Å². The average molecular weight is 493 g/mol. The third-order valence-corrected chi connectivity index (χ3v) is 4.96. The molecule has 1 aromatic rings. The van der Waals surface area contributed by atoms with Crippen molar-refractivity contribution in [2.45, 2.75) is 63.8 Å². The maximum atomic E-state index is 13.7. The number of carbonyl (C=O) groups excluding carboxylic acids is 5. The van der Waals surface area contributed by atoms with Crippen molar-refractivity contribution < 1.29 is 38.6 Å². The number of aromatic hydroxyl groups is 1. The van der Waals surface area contributed by atoms with Gasteiger partial charge in [-0.1, -0.05) is 12.1 Å². The molecule has 5 N–H and O–H groups in total. The molecule has 1 aromatic carbocycles. The first kappa shape index (κ1) is 27.4. The molecule has 0 spiro atoms. The number of rotatable bonds is 10. The summed E-state index contributed by atoms with van der Waals surface area (Å²) in [6.45, 7) is 4.49. The lowest BCUT2D eigenvalue weighted by Crippen LogP contribution is -2.55. The van der Waals surface area contributed by atoms with Crippen LogP contribution < -0.4 is 16.4 Å². The van der Waals surface area contributed by atoms with Crippen LogP contribution in [0.3, 0.4) is 0 Å². The highest BCUT2D eigenvalue weighted by molar-refractivity contribution is 5.95. The molecule has 4 amide bonds. The van der Waals surface area contributed by atoms with Crippen molar-refractivity contribution >= 4 is 29.8 Å². The number of benzene rings is 1. The van der Waals surface area contributed by atoms with Crippen LogP contribution in [-0.4, -0.2) is 71.1 Å². The van der Waals surface area contributed by atoms with E-state index in [1.807, 2.05) is 0 Å². The molecule has 1 aliphatic carbocycles. The van der Waals surface area contributed by atoms with Crippen LogP contribution in [0.1, 0.15) is 51.6 Å². The molecular weight excluding hydrogens is 460 g/mol. The van der Waals surface area contributed by atoms with Gasteiger partial charge < -0.3 is 35.8 Å². The summed E-state index contributed by atoms with van der Waals surface area (Å²) in [5.74, 6) is -2.98. The van der Waals surface area contributed by atoms with Gasteiger partial charge in [0.15, 0.2) is 0 Å². The Morgan fingerprint density at radius 3 is 2.23 bits per heavy atom. The minimum Gasteiger partial charge on any atom is -0.508 e. The van der Waals surface area contributed by atoms with Crippen LogP contribution in [0.15, 0.2) is 24.3 Å². The minimum absolute atomic E-state index is 0.0510. The smallest absolute Gasteiger partial charge is 0.408 e. The van der Waals surface area contributed by atoms with Gasteiger partial charge in [-0.15, -0.1) is 0 Å². The van der Waals surface area contributed by atoms with E-state index in [4.69, 9.17) is 10.5 Å². The van der Waals surface area contributed by atoms with Crippen molar-refractivity contribution in [3.05, 3.63) is 29.8 Å². The van der Waals surface area contributed by atoms with E-state index in [0.29, 0.717) is 18.4 Å². The summed E-state index contributed by atoms with van der Waals surface area (Å²) in [6, 6.07) is 2.65. The van der Waals surface area contributed by atoms with E-state index in [1.165, 1.54) is 36.3 Å². The molecule has 1 aliphatic rings. The Bertz CT molecular complexity index is 953. The number of nitrogens with one attached hydrogen (secondary N) is 2. The molecule has 12 nitrogen and oxygen atoms in total. The zero-order chi connectivity index (χ0) is 26.3. The molecule has 1 saturated carbocycles. The molecule has 0 bridgehead atoms. The van der Waals surface area contributed by atoms with Crippen LogP contribution in [0.4, 0.5) is 4.79 Å². The Kier molecular flexibility index (Phi) is 9.04. The third kappa shape index (κ3) is 8.47. The highest BCUT2D eigenvalue weighted by Crippen LogP contribution is 2.36. The quantitative estimate of drug-likeness (QED) is 0.341. The fraction of sp³-hybridized carbons (Fsp3) is 0.522. The van der Waals surface area contributed by atoms with Crippen LogP contribution in [0.2, 0.25) is 0 Å². The molecule has 0 radical (unpaired) electrons. The van der Waals surface area contributed by atoms with Crippen molar-refractivity contribution in [3.63, 3.8) is 0 Å². The Morgan fingerprint density at radius 2 is 1.74 bits per heavy atom. The molecule has 0 aliphatic heterocycles. The van der Waals surface area contributed by atoms with E-state index >= 15 is 0 Å². The Labute approximate surface area is 203 Å². The number of primary amides is 1. The summed E-state index contributed by atoms with van der Waals surface area (Å²) in [5.41, 5.74) is 4.82. The number of hydrogen-bond donors (Lipinski definition) is 4. The number of esters is 1. The van der Waals surface area contributed by atoms with E-state index in [0.717, 1.165) is 0 Å². The summed E-state index contributed by atoms with van der Waals surface area (Å²) in [5, 5.41) is 14.5. The Balaban J connectivity index is 2.42. The third-order valence-electron chi connectivity index (χ3n) is 4.96. The maximum absolute atomic E-state index is 13.7. The van der Waals surface area contributed by atoms with E-state index in [9.17, 15) is 29.1 Å². The van der Waals surface area contributed by atoms with E-state index in [-0.39, 0.29) is 11.8 Å². The Hall–Kier alpha value is -3.83. The fourth-order valence-corrected chi connectivity index (χ4v) is 3.32. The number of carbonyl (C=O) groups is 5. The maximum Gasteiger partial charge on any atom is 0.408 e. The van der Waals surface area contributed by atoms with Crippen molar-refractivity contribution in [1.29, 1.82) is 0 Å². The van der Waals surface area contributed by atoms with Crippen molar-refractivity contribution in [2.24, 2.45) is 5.73 Å². The monoisotopic (exact) mass is 492 g/mol. The van der Waals surface area contributed by atoms with E-state index < -0.39 is 60.4 Å². The summed E-state index contributed by atoms with van der Waals surface area (Å²) < 4.78 is 9.76. The molecule has 2 unspecified atom stereocenters. The van der Waals surface area contributed by atoms with Crippen LogP contribution >= 0.6 is 0 Å². The number of nitrogens with zero attached hydrogens (tertiary/aromatic N) is 1. The molecule has 12 heteroatoms. The lowest BCUT2D eigenvalue weighted by Gasteiger charge is -2.34. The topological polar surface area (TPSA) is 177 Å². The first-order valence-electron chi connectivity index (χ1n) is 11.1. The van der Waals surface area contributed by atoms with Gasteiger partial charge in [-0.25, -0.2) is 4.79 Å². The number of phenols is 1. The van der Waals surface area contributed by atoms with Gasteiger partial charge in [-0.3, -0.25) is 19.2 Å². The van der Waals surface area contributed by atoms with Gasteiger partial charge in [0.05, 0.1) is 13.5 Å². The van der Waals surface area contributed by atoms with Gasteiger partial charge in [0.2, 0.25) is 17.7 Å². The molecule has 35 heavy (non-hydrogen) atoms. The Morgan fingerprint density at radius 1 is 1.14 bits per heavy atom. The first-order valence-corrected chi connectivity index (χ1v) is 11.1. The van der Waals surface area contributed by atoms with Gasteiger partial charge in [0.25, 0.3) is 0 Å². The summed E-state index contributed by atoms with van der Waals surface area (Å²) in [6.07, 6.45) is -0.280. The van der Waals surface area contributed by atoms with Gasteiger partial charge in [0, 0.05) is 6.04 Å². The SMILES string of the molecule is COC(=O)CNC(=O)C(c1ccc(O)cc1)N(C(=O)C(CC(N)=O)NC(=O)OC(C)(C)C)C1CC1. The molecule has 2 atom stereocenters. The summed E-state index contributed by atoms with van der Waals surface area (Å²) in [7, 11) is 1.17. The molecule has 192 valence electrons. The second-order valence-corrected chi connectivity index (χ2v) is 9.13. The predicted octanol–water partition coefficient (Wildman–Crippen LogP) is 0.482. The molecule has 0 aromatic heterocycles. The van der Waals surface area contributed by atoms with Gasteiger partial charge in [-0.2, -0.15) is 0 Å². The molecule has 1 fully saturated rings. The summed E-state index contributed by atoms with van der Waals surface area (Å²) >= 11 is 0. The van der Waals surface area contributed by atoms with Crippen molar-refractivity contribution in [2.75, 3.05) is 13.7 Å². The standard InChI is InChI=1S/C23H32N4O8/c1-23(2,3)35-22(33)26-16(11-17(24)29)21(32)27(14-7-8-14)19(13-5-9-15(28)10-6-13)20(31)25-12-18(30)34-4/h5-6,9-10,14,16,19,28H,7-8,11-12H2,1-4H3,(H2,24,29)(H,25,31)(H,26,33). The minimum atomic E-state index is -1.39. The highest BCUT2D eigenvalue weighted by atomic mass is 16.6. The average Bonchev–Trinajstić information content (AvgIpc) is 3.58. The predicted molar refractivity (Wildman–Crippen MR) is 123 cm³/mol. The second kappa shape index (κ2) is 11.5. The number of methoxy groups -OCH3 is 1. The second-order valence-electron chi connectivity index (χ2n) is 9.13. The zero-order valence-corrected chi connectivity index (χ0v) is 20.2. The van der Waals surface area contributed by atoms with Crippen LogP contribution in [0.25, 0.3) is 0 Å². The molecule has 2 rings (SSSR count). The largest absolute Gasteiger partial charge is 0.508 e. The van der Waals surface area contributed by atoms with E-state index in [1.54, 1.807) is 20.8 Å². The lowest BCUT2D eigenvalue weighted by molar-refractivity contribution is -0.145. The zero-order valence-electron chi connectivity index (χ0n) is 20.2. The first-order chi connectivity index (χ1) is 16.3. The van der Waals surface area contributed by atoms with Crippen molar-refractivity contribution in [3.8, 4) is 5.75 Å². The molecule has 0 saturated heterocycles. The van der Waals surface area contributed by atoms with Crippen LogP contribution in [0, 0.1) is 0 Å². The van der Waals surface area contributed by atoms with Gasteiger partial charge >= 0.3 is 12.1 Å². The number of amides is 4. The van der Waals surface area contributed by atoms with Gasteiger partial charge in [-0.05, 0) is 51.3 Å². The van der Waals surface area contributed by atoms with Crippen molar-refractivity contribution in [1.82, 2.24) is 15.5 Å². The molecular formula is C23H32N4O8. The normalized spacial score (nSPS) is 14.7. The lowest BCUT2D eigenvalue weighted by atomic mass is 10.0. The number of hydrogen-bond acceptors (Lipinski definition) is 8. The molecule has 0 heterocycles. The summed E-state index contributed by atoms with van der Waals surface area (Å²) in [4.78, 5) is 63.8. The number of alkyl carbamates (subject to hydrolysis) is 1. The highest BCUT2D eigenvalue weighted by Gasteiger charge is 2.44. The van der Waals surface area contributed by atoms with E-state index in [2.05, 4.69) is 15.4 Å². The number of ether oxygens (including phenoxy) is 2. The number of nitrogens with two attached hydrogens (primary N) is 1. The van der Waals surface area contributed by atoms with Crippen LogP contribution in [0.5, 0.6) is 5.75 Å². The fourth-order valence-electron chi connectivity index (χ4n) is 3.32. The number of phenolic OH excluding ortho intramolecular Hbond substituents is 1.